The lowest BCUT2D eigenvalue weighted by molar-refractivity contribution is -0.131. The molecule has 1 aromatic carbocycles. The van der Waals surface area contributed by atoms with Crippen molar-refractivity contribution in [3.8, 4) is 5.75 Å². The molecule has 0 aliphatic carbocycles. The molecule has 0 atom stereocenters. The summed E-state index contributed by atoms with van der Waals surface area (Å²) in [5.41, 5.74) is 1.38. The molecule has 0 radical (unpaired) electrons. The van der Waals surface area contributed by atoms with Gasteiger partial charge in [0, 0.05) is 20.1 Å². The lowest BCUT2D eigenvalue weighted by atomic mass is 9.87. The largest absolute Gasteiger partial charge is 0.484 e. The van der Waals surface area contributed by atoms with E-state index in [1.807, 2.05) is 31.3 Å². The Kier molecular flexibility index (Phi) is 6.02. The van der Waals surface area contributed by atoms with Gasteiger partial charge in [0.25, 0.3) is 5.91 Å². The zero-order valence-electron chi connectivity index (χ0n) is 13.2. The van der Waals surface area contributed by atoms with Gasteiger partial charge in [-0.25, -0.2) is 0 Å². The summed E-state index contributed by atoms with van der Waals surface area (Å²) in [6, 6.07) is 7.93. The van der Waals surface area contributed by atoms with E-state index in [9.17, 15) is 4.79 Å². The van der Waals surface area contributed by atoms with Gasteiger partial charge < -0.3 is 15.0 Å². The molecule has 0 bridgehead atoms. The molecule has 112 valence electrons. The zero-order valence-corrected chi connectivity index (χ0v) is 13.2. The first kappa shape index (κ1) is 16.5. The van der Waals surface area contributed by atoms with Gasteiger partial charge in [-0.2, -0.15) is 0 Å². The summed E-state index contributed by atoms with van der Waals surface area (Å²) < 4.78 is 5.52. The number of nitrogens with one attached hydrogen (secondary N) is 1. The number of rotatable bonds is 6. The summed E-state index contributed by atoms with van der Waals surface area (Å²) in [5, 5.41) is 3.01. The third-order valence-electron chi connectivity index (χ3n) is 3.21. The van der Waals surface area contributed by atoms with E-state index < -0.39 is 0 Å². The second-order valence-electron chi connectivity index (χ2n) is 5.98. The lowest BCUT2D eigenvalue weighted by Crippen LogP contribution is -2.35. The Morgan fingerprint density at radius 1 is 1.25 bits per heavy atom. The maximum atomic E-state index is 11.8. The highest BCUT2D eigenvalue weighted by Crippen LogP contribution is 2.24. The Balaban J connectivity index is 2.48. The molecule has 1 N–H and O–H groups in total. The summed E-state index contributed by atoms with van der Waals surface area (Å²) >= 11 is 0. The monoisotopic (exact) mass is 278 g/mol. The van der Waals surface area contributed by atoms with E-state index in [0.717, 1.165) is 12.3 Å². The van der Waals surface area contributed by atoms with Crippen molar-refractivity contribution in [3.63, 3.8) is 0 Å². The number of nitrogens with zero attached hydrogens (tertiary/aromatic N) is 1. The minimum atomic E-state index is -0.0138. The third kappa shape index (κ3) is 5.21. The van der Waals surface area contributed by atoms with Crippen LogP contribution in [0.25, 0.3) is 0 Å². The van der Waals surface area contributed by atoms with E-state index in [-0.39, 0.29) is 17.9 Å². The standard InChI is InChI=1S/C16H26N2O2/c1-16(2,3)13-6-8-14(9-7-13)20-12-15(19)18(5)11-10-17-4/h6-9,17H,10-12H2,1-5H3. The predicted octanol–water partition coefficient (Wildman–Crippen LogP) is 2.04. The van der Waals surface area contributed by atoms with Crippen LogP contribution in [0.15, 0.2) is 24.3 Å². The van der Waals surface area contributed by atoms with Crippen LogP contribution in [0.5, 0.6) is 5.75 Å². The van der Waals surface area contributed by atoms with E-state index >= 15 is 0 Å². The number of hydrogen-bond donors (Lipinski definition) is 1. The van der Waals surface area contributed by atoms with Crippen molar-refractivity contribution >= 4 is 5.91 Å². The number of amides is 1. The molecule has 4 nitrogen and oxygen atoms in total. The van der Waals surface area contributed by atoms with Crippen LogP contribution >= 0.6 is 0 Å². The minimum absolute atomic E-state index is 0.0138. The number of hydrogen-bond acceptors (Lipinski definition) is 3. The van der Waals surface area contributed by atoms with Gasteiger partial charge in [-0.15, -0.1) is 0 Å². The van der Waals surface area contributed by atoms with Gasteiger partial charge in [-0.3, -0.25) is 4.79 Å². The summed E-state index contributed by atoms with van der Waals surface area (Å²) in [7, 11) is 3.65. The van der Waals surface area contributed by atoms with Crippen molar-refractivity contribution < 1.29 is 9.53 Å². The van der Waals surface area contributed by atoms with Crippen LogP contribution in [0.1, 0.15) is 26.3 Å². The molecule has 0 heterocycles. The molecule has 0 spiro atoms. The maximum Gasteiger partial charge on any atom is 0.260 e. The van der Waals surface area contributed by atoms with Crippen LogP contribution in [0.4, 0.5) is 0 Å². The molecule has 0 saturated carbocycles. The van der Waals surface area contributed by atoms with Gasteiger partial charge in [0.2, 0.25) is 0 Å². The van der Waals surface area contributed by atoms with Crippen molar-refractivity contribution in [2.24, 2.45) is 0 Å². The van der Waals surface area contributed by atoms with Gasteiger partial charge in [0.15, 0.2) is 6.61 Å². The van der Waals surface area contributed by atoms with Crippen molar-refractivity contribution in [1.29, 1.82) is 0 Å². The lowest BCUT2D eigenvalue weighted by Gasteiger charge is -2.20. The SMILES string of the molecule is CNCCN(C)C(=O)COc1ccc(C(C)(C)C)cc1. The van der Waals surface area contributed by atoms with Crippen LogP contribution in [0.2, 0.25) is 0 Å². The van der Waals surface area contributed by atoms with E-state index in [1.54, 1.807) is 11.9 Å². The van der Waals surface area contributed by atoms with Crippen LogP contribution < -0.4 is 10.1 Å². The van der Waals surface area contributed by atoms with E-state index in [2.05, 4.69) is 26.1 Å². The normalized spacial score (nSPS) is 11.2. The fourth-order valence-corrected chi connectivity index (χ4v) is 1.71. The van der Waals surface area contributed by atoms with Crippen molar-refractivity contribution in [2.45, 2.75) is 26.2 Å². The Bertz CT molecular complexity index is 421. The molecule has 4 heteroatoms. The average Bonchev–Trinajstić information content (AvgIpc) is 2.41. The summed E-state index contributed by atoms with van der Waals surface area (Å²) in [5.74, 6) is 0.716. The maximum absolute atomic E-state index is 11.8. The van der Waals surface area contributed by atoms with Gasteiger partial charge in [0.1, 0.15) is 5.75 Å². The van der Waals surface area contributed by atoms with Gasteiger partial charge in [-0.1, -0.05) is 32.9 Å². The number of likely N-dealkylation sites (N-methyl/N-ethyl adjacent to an activating group) is 2. The quantitative estimate of drug-likeness (QED) is 0.866. The highest BCUT2D eigenvalue weighted by Gasteiger charge is 2.13. The van der Waals surface area contributed by atoms with Gasteiger partial charge >= 0.3 is 0 Å². The van der Waals surface area contributed by atoms with Crippen LogP contribution in [-0.4, -0.2) is 44.6 Å². The minimum Gasteiger partial charge on any atom is -0.484 e. The zero-order chi connectivity index (χ0) is 15.2. The number of carbonyl (C=O) groups is 1. The number of benzene rings is 1. The first-order valence-corrected chi connectivity index (χ1v) is 6.96. The number of carbonyl (C=O) groups excluding carboxylic acids is 1. The summed E-state index contributed by atoms with van der Waals surface area (Å²) in [6.45, 7) is 8.05. The molecule has 1 amide bonds. The molecule has 0 aliphatic heterocycles. The molecule has 0 aromatic heterocycles. The van der Waals surface area contributed by atoms with Crippen LogP contribution in [0.3, 0.4) is 0 Å². The van der Waals surface area contributed by atoms with Crippen molar-refractivity contribution in [3.05, 3.63) is 29.8 Å². The summed E-state index contributed by atoms with van der Waals surface area (Å²) in [4.78, 5) is 13.5. The van der Waals surface area contributed by atoms with Crippen molar-refractivity contribution in [1.82, 2.24) is 10.2 Å². The van der Waals surface area contributed by atoms with Crippen molar-refractivity contribution in [2.75, 3.05) is 33.8 Å². The molecule has 0 unspecified atom stereocenters. The van der Waals surface area contributed by atoms with E-state index in [0.29, 0.717) is 6.54 Å². The fourth-order valence-electron chi connectivity index (χ4n) is 1.71. The van der Waals surface area contributed by atoms with E-state index in [1.165, 1.54) is 5.56 Å². The third-order valence-corrected chi connectivity index (χ3v) is 3.21. The predicted molar refractivity (Wildman–Crippen MR) is 82.2 cm³/mol. The van der Waals surface area contributed by atoms with Crippen LogP contribution in [-0.2, 0) is 10.2 Å². The topological polar surface area (TPSA) is 41.6 Å². The van der Waals surface area contributed by atoms with Crippen LogP contribution in [0, 0.1) is 0 Å². The van der Waals surface area contributed by atoms with E-state index in [4.69, 9.17) is 4.74 Å². The second kappa shape index (κ2) is 7.29. The first-order chi connectivity index (χ1) is 9.34. The molecular weight excluding hydrogens is 252 g/mol. The average molecular weight is 278 g/mol. The molecule has 1 aromatic rings. The number of ether oxygens (including phenoxy) is 1. The molecule has 0 saturated heterocycles. The molecule has 0 fully saturated rings. The Morgan fingerprint density at radius 3 is 2.35 bits per heavy atom. The van der Waals surface area contributed by atoms with Gasteiger partial charge in [-0.05, 0) is 30.2 Å². The Morgan fingerprint density at radius 2 is 1.85 bits per heavy atom. The molecule has 0 aliphatic rings. The molecular formula is C16H26N2O2. The van der Waals surface area contributed by atoms with Gasteiger partial charge in [0.05, 0.1) is 0 Å². The first-order valence-electron chi connectivity index (χ1n) is 6.96. The highest BCUT2D eigenvalue weighted by atomic mass is 16.5. The molecule has 20 heavy (non-hydrogen) atoms. The fraction of sp³-hybridized carbons (Fsp3) is 0.562. The highest BCUT2D eigenvalue weighted by molar-refractivity contribution is 5.77. The Hall–Kier alpha value is -1.55. The Labute approximate surface area is 122 Å². The smallest absolute Gasteiger partial charge is 0.260 e. The summed E-state index contributed by atoms with van der Waals surface area (Å²) in [6.07, 6.45) is 0. The second-order valence-corrected chi connectivity index (χ2v) is 5.98. The molecule has 1 rings (SSSR count).